The summed E-state index contributed by atoms with van der Waals surface area (Å²) in [6, 6.07) is 0. The molecule has 0 saturated heterocycles. The molecule has 0 heterocycles. The lowest BCUT2D eigenvalue weighted by Gasteiger charge is -2.24. The Balaban J connectivity index is 2.23. The third-order valence-electron chi connectivity index (χ3n) is 1.99. The van der Waals surface area contributed by atoms with E-state index in [9.17, 15) is 0 Å². The van der Waals surface area contributed by atoms with Gasteiger partial charge in [0.25, 0.3) is 0 Å². The molecule has 9 heavy (non-hydrogen) atoms. The molecule has 0 bridgehead atoms. The zero-order valence-electron chi connectivity index (χ0n) is 6.26. The first-order valence-electron chi connectivity index (χ1n) is 3.70. The Labute approximate surface area is 57.4 Å². The largest absolute Gasteiger partial charge is 0.381 e. The lowest BCUT2D eigenvalue weighted by molar-refractivity contribution is 0.0950. The van der Waals surface area contributed by atoms with Crippen molar-refractivity contribution in [3.05, 3.63) is 6.42 Å². The molecule has 0 aromatic heterocycles. The van der Waals surface area contributed by atoms with Gasteiger partial charge in [0.2, 0.25) is 0 Å². The van der Waals surface area contributed by atoms with Crippen LogP contribution in [0.5, 0.6) is 0 Å². The summed E-state index contributed by atoms with van der Waals surface area (Å²) in [5.41, 5.74) is 0. The summed E-state index contributed by atoms with van der Waals surface area (Å²) < 4.78 is 5.21. The van der Waals surface area contributed by atoms with Crippen molar-refractivity contribution in [2.75, 3.05) is 7.11 Å². The maximum atomic E-state index is 5.21. The van der Waals surface area contributed by atoms with E-state index in [0.29, 0.717) is 6.10 Å². The van der Waals surface area contributed by atoms with Gasteiger partial charge in [-0.25, -0.2) is 0 Å². The SMILES string of the molecule is CO[C@@H]1[CH][C@H](C)CCC1. The molecule has 53 valence electrons. The minimum atomic E-state index is 0.439. The lowest BCUT2D eigenvalue weighted by atomic mass is 9.89. The van der Waals surface area contributed by atoms with Gasteiger partial charge in [0.15, 0.2) is 0 Å². The fourth-order valence-electron chi connectivity index (χ4n) is 1.40. The van der Waals surface area contributed by atoms with Crippen molar-refractivity contribution in [2.45, 2.75) is 32.3 Å². The van der Waals surface area contributed by atoms with Crippen LogP contribution in [0, 0.1) is 12.3 Å². The molecule has 1 aliphatic rings. The topological polar surface area (TPSA) is 9.23 Å². The van der Waals surface area contributed by atoms with Crippen LogP contribution in [0.1, 0.15) is 26.2 Å². The Kier molecular flexibility index (Phi) is 2.52. The van der Waals surface area contributed by atoms with E-state index in [4.69, 9.17) is 4.74 Å². The highest BCUT2D eigenvalue weighted by atomic mass is 16.5. The van der Waals surface area contributed by atoms with Crippen LogP contribution >= 0.6 is 0 Å². The summed E-state index contributed by atoms with van der Waals surface area (Å²) in [6.45, 7) is 2.26. The molecular formula is C8H15O. The first-order valence-corrected chi connectivity index (χ1v) is 3.70. The first-order chi connectivity index (χ1) is 4.33. The second-order valence-corrected chi connectivity index (χ2v) is 2.87. The van der Waals surface area contributed by atoms with Crippen LogP contribution in [-0.4, -0.2) is 13.2 Å². The highest BCUT2D eigenvalue weighted by Gasteiger charge is 2.17. The normalized spacial score (nSPS) is 36.7. The van der Waals surface area contributed by atoms with Crippen molar-refractivity contribution < 1.29 is 4.74 Å². The standard InChI is InChI=1S/C8H15O/c1-7-4-3-5-8(6-7)9-2/h6-8H,3-5H2,1-2H3/t7-,8+/m1/s1. The molecule has 0 amide bonds. The first kappa shape index (κ1) is 7.07. The average Bonchev–Trinajstić information content (AvgIpc) is 1.88. The van der Waals surface area contributed by atoms with E-state index in [1.165, 1.54) is 19.3 Å². The van der Waals surface area contributed by atoms with E-state index in [1.54, 1.807) is 7.11 Å². The van der Waals surface area contributed by atoms with Crippen LogP contribution in [-0.2, 0) is 4.74 Å². The third-order valence-corrected chi connectivity index (χ3v) is 1.99. The molecular weight excluding hydrogens is 112 g/mol. The maximum absolute atomic E-state index is 5.21. The van der Waals surface area contributed by atoms with Crippen LogP contribution in [0.2, 0.25) is 0 Å². The minimum Gasteiger partial charge on any atom is -0.381 e. The Hall–Kier alpha value is -0.0400. The zero-order valence-corrected chi connectivity index (χ0v) is 6.26. The summed E-state index contributed by atoms with van der Waals surface area (Å²) in [4.78, 5) is 0. The van der Waals surface area contributed by atoms with Gasteiger partial charge in [-0.15, -0.1) is 0 Å². The van der Waals surface area contributed by atoms with Crippen LogP contribution in [0.3, 0.4) is 0 Å². The van der Waals surface area contributed by atoms with Gasteiger partial charge >= 0.3 is 0 Å². The molecule has 0 unspecified atom stereocenters. The van der Waals surface area contributed by atoms with Gasteiger partial charge in [-0.05, 0) is 18.8 Å². The van der Waals surface area contributed by atoms with Gasteiger partial charge in [-0.1, -0.05) is 19.8 Å². The summed E-state index contributed by atoms with van der Waals surface area (Å²) in [5, 5.41) is 0. The monoisotopic (exact) mass is 127 g/mol. The Morgan fingerprint density at radius 3 is 2.67 bits per heavy atom. The molecule has 1 heteroatoms. The molecule has 1 rings (SSSR count). The lowest BCUT2D eigenvalue weighted by Crippen LogP contribution is -2.20. The van der Waals surface area contributed by atoms with Gasteiger partial charge in [-0.3, -0.25) is 0 Å². The van der Waals surface area contributed by atoms with Crippen LogP contribution in [0.25, 0.3) is 0 Å². The molecule has 1 aliphatic carbocycles. The average molecular weight is 127 g/mol. The molecule has 0 aromatic carbocycles. The Morgan fingerprint density at radius 2 is 2.22 bits per heavy atom. The van der Waals surface area contributed by atoms with Crippen LogP contribution < -0.4 is 0 Å². The molecule has 1 radical (unpaired) electrons. The number of hydrogen-bond donors (Lipinski definition) is 0. The van der Waals surface area contributed by atoms with Gasteiger partial charge < -0.3 is 4.74 Å². The quantitative estimate of drug-likeness (QED) is 0.523. The molecule has 1 nitrogen and oxygen atoms in total. The van der Waals surface area contributed by atoms with Crippen molar-refractivity contribution in [2.24, 2.45) is 5.92 Å². The van der Waals surface area contributed by atoms with Crippen LogP contribution in [0.4, 0.5) is 0 Å². The molecule has 1 fully saturated rings. The fraction of sp³-hybridized carbons (Fsp3) is 0.875. The number of ether oxygens (including phenoxy) is 1. The zero-order chi connectivity index (χ0) is 6.69. The van der Waals surface area contributed by atoms with Crippen LogP contribution in [0.15, 0.2) is 0 Å². The predicted octanol–water partition coefficient (Wildman–Crippen LogP) is 2.03. The summed E-state index contributed by atoms with van der Waals surface area (Å²) in [5.74, 6) is 0.767. The van der Waals surface area contributed by atoms with Gasteiger partial charge in [0.1, 0.15) is 0 Å². The molecule has 0 aliphatic heterocycles. The van der Waals surface area contributed by atoms with Gasteiger partial charge in [0.05, 0.1) is 6.10 Å². The summed E-state index contributed by atoms with van der Waals surface area (Å²) >= 11 is 0. The van der Waals surface area contributed by atoms with Crippen molar-refractivity contribution in [1.82, 2.24) is 0 Å². The van der Waals surface area contributed by atoms with E-state index in [0.717, 1.165) is 5.92 Å². The summed E-state index contributed by atoms with van der Waals surface area (Å²) in [7, 11) is 1.79. The second kappa shape index (κ2) is 3.21. The maximum Gasteiger partial charge on any atom is 0.0605 e. The smallest absolute Gasteiger partial charge is 0.0605 e. The predicted molar refractivity (Wildman–Crippen MR) is 38.1 cm³/mol. The third kappa shape index (κ3) is 1.98. The molecule has 1 saturated carbocycles. The molecule has 2 atom stereocenters. The number of hydrogen-bond acceptors (Lipinski definition) is 1. The fourth-order valence-corrected chi connectivity index (χ4v) is 1.40. The second-order valence-electron chi connectivity index (χ2n) is 2.87. The molecule has 0 aromatic rings. The Morgan fingerprint density at radius 1 is 1.44 bits per heavy atom. The van der Waals surface area contributed by atoms with E-state index >= 15 is 0 Å². The number of rotatable bonds is 1. The van der Waals surface area contributed by atoms with Crippen molar-refractivity contribution in [3.8, 4) is 0 Å². The molecule has 0 spiro atoms. The molecule has 0 N–H and O–H groups in total. The Bertz CT molecular complexity index is 80.6. The van der Waals surface area contributed by atoms with E-state index in [2.05, 4.69) is 13.3 Å². The van der Waals surface area contributed by atoms with Gasteiger partial charge in [-0.2, -0.15) is 0 Å². The van der Waals surface area contributed by atoms with Gasteiger partial charge in [0, 0.05) is 7.11 Å². The van der Waals surface area contributed by atoms with Crippen molar-refractivity contribution in [3.63, 3.8) is 0 Å². The minimum absolute atomic E-state index is 0.439. The van der Waals surface area contributed by atoms with E-state index in [1.807, 2.05) is 0 Å². The van der Waals surface area contributed by atoms with Crippen molar-refractivity contribution in [1.29, 1.82) is 0 Å². The highest BCUT2D eigenvalue weighted by molar-refractivity contribution is 4.86. The number of methoxy groups -OCH3 is 1. The summed E-state index contributed by atoms with van der Waals surface area (Å²) in [6.07, 6.45) is 6.65. The van der Waals surface area contributed by atoms with E-state index < -0.39 is 0 Å². The van der Waals surface area contributed by atoms with E-state index in [-0.39, 0.29) is 0 Å². The van der Waals surface area contributed by atoms with Crippen molar-refractivity contribution >= 4 is 0 Å². The highest BCUT2D eigenvalue weighted by Crippen LogP contribution is 2.23.